The van der Waals surface area contributed by atoms with Gasteiger partial charge in [-0.3, -0.25) is 9.98 Å². The Bertz CT molecular complexity index is 860. The summed E-state index contributed by atoms with van der Waals surface area (Å²) in [6.45, 7) is 0. The van der Waals surface area contributed by atoms with Crippen molar-refractivity contribution in [2.24, 2.45) is 9.98 Å². The monoisotopic (exact) mass is 273 g/mol. The van der Waals surface area contributed by atoms with Crippen LogP contribution in [0.1, 0.15) is 11.1 Å². The molecule has 0 atom stereocenters. The smallest absolute Gasteiger partial charge is 0.134 e. The number of hydrogen-bond donors (Lipinski definition) is 1. The zero-order valence-electron chi connectivity index (χ0n) is 12.0. The van der Waals surface area contributed by atoms with Gasteiger partial charge in [0, 0.05) is 25.2 Å². The van der Waals surface area contributed by atoms with Crippen molar-refractivity contribution in [3.05, 3.63) is 59.7 Å². The van der Waals surface area contributed by atoms with Gasteiger partial charge < -0.3 is 5.32 Å². The molecule has 0 spiro atoms. The van der Waals surface area contributed by atoms with Crippen molar-refractivity contribution in [3.63, 3.8) is 0 Å². The molecule has 0 saturated carbocycles. The molecule has 3 heteroatoms. The summed E-state index contributed by atoms with van der Waals surface area (Å²) in [5, 5.41) is 8.25. The van der Waals surface area contributed by atoms with Gasteiger partial charge in [0.05, 0.1) is 0 Å². The highest BCUT2D eigenvalue weighted by molar-refractivity contribution is 6.27. The molecule has 1 aliphatic heterocycles. The van der Waals surface area contributed by atoms with E-state index in [-0.39, 0.29) is 0 Å². The molecule has 3 aromatic rings. The summed E-state index contributed by atoms with van der Waals surface area (Å²) >= 11 is 0. The standard InChI is InChI=1S/C18H15N3/c1-19-17-15-9-13-7-11-5-3-4-6-12(11)8-14(13)10-16(15)18(20-2)21-17/h3-10H,1-2H3,(H,19,20,21). The van der Waals surface area contributed by atoms with Crippen molar-refractivity contribution in [3.8, 4) is 0 Å². The van der Waals surface area contributed by atoms with Gasteiger partial charge in [0.1, 0.15) is 11.7 Å². The number of nitrogens with one attached hydrogen (secondary N) is 1. The molecule has 0 unspecified atom stereocenters. The first kappa shape index (κ1) is 12.1. The number of hydrogen-bond acceptors (Lipinski definition) is 2. The predicted octanol–water partition coefficient (Wildman–Crippen LogP) is 3.35. The number of fused-ring (bicyclic) bond motifs is 3. The van der Waals surface area contributed by atoms with E-state index in [1.807, 2.05) is 0 Å². The number of rotatable bonds is 0. The first-order valence-electron chi connectivity index (χ1n) is 6.98. The lowest BCUT2D eigenvalue weighted by Crippen LogP contribution is -2.22. The SMILES string of the molecule is C/N=C1\N/C(=N\C)c2cc3cc4ccccc4cc3cc21. The van der Waals surface area contributed by atoms with Crippen LogP contribution in [0.25, 0.3) is 21.5 Å². The molecule has 3 nitrogen and oxygen atoms in total. The Morgan fingerprint density at radius 2 is 1.14 bits per heavy atom. The van der Waals surface area contributed by atoms with Crippen molar-refractivity contribution >= 4 is 33.2 Å². The minimum absolute atomic E-state index is 0.889. The largest absolute Gasteiger partial charge is 0.325 e. The summed E-state index contributed by atoms with van der Waals surface area (Å²) in [6.07, 6.45) is 0. The molecule has 0 bridgehead atoms. The first-order valence-corrected chi connectivity index (χ1v) is 6.98. The molecule has 102 valence electrons. The first-order chi connectivity index (χ1) is 10.3. The van der Waals surface area contributed by atoms with Gasteiger partial charge in [-0.1, -0.05) is 24.3 Å². The highest BCUT2D eigenvalue weighted by atomic mass is 15.1. The van der Waals surface area contributed by atoms with Crippen LogP contribution in [0.2, 0.25) is 0 Å². The van der Waals surface area contributed by atoms with E-state index >= 15 is 0 Å². The fourth-order valence-electron chi connectivity index (χ4n) is 2.98. The highest BCUT2D eigenvalue weighted by Crippen LogP contribution is 2.28. The van der Waals surface area contributed by atoms with Crippen molar-refractivity contribution in [1.82, 2.24) is 5.32 Å². The molecule has 0 radical (unpaired) electrons. The van der Waals surface area contributed by atoms with Gasteiger partial charge in [-0.25, -0.2) is 0 Å². The normalized spacial score (nSPS) is 17.6. The zero-order chi connectivity index (χ0) is 14.4. The molecule has 4 rings (SSSR count). The van der Waals surface area contributed by atoms with Crippen LogP contribution in [0.4, 0.5) is 0 Å². The second-order valence-corrected chi connectivity index (χ2v) is 5.21. The molecule has 1 aliphatic rings. The molecule has 21 heavy (non-hydrogen) atoms. The Hall–Kier alpha value is -2.68. The average molecular weight is 273 g/mol. The van der Waals surface area contributed by atoms with Gasteiger partial charge in [-0.15, -0.1) is 0 Å². The fraction of sp³-hybridized carbons (Fsp3) is 0.111. The molecule has 1 heterocycles. The molecule has 0 aromatic heterocycles. The van der Waals surface area contributed by atoms with Crippen molar-refractivity contribution in [2.45, 2.75) is 0 Å². The van der Waals surface area contributed by atoms with E-state index in [0.29, 0.717) is 0 Å². The van der Waals surface area contributed by atoms with Crippen LogP contribution >= 0.6 is 0 Å². The predicted molar refractivity (Wildman–Crippen MR) is 89.5 cm³/mol. The number of amidine groups is 2. The second kappa shape index (κ2) is 4.42. The van der Waals surface area contributed by atoms with Crippen molar-refractivity contribution in [2.75, 3.05) is 14.1 Å². The summed E-state index contributed by atoms with van der Waals surface area (Å²) in [5.41, 5.74) is 2.25. The molecular weight excluding hydrogens is 258 g/mol. The maximum absolute atomic E-state index is 4.32. The van der Waals surface area contributed by atoms with Gasteiger partial charge in [0.15, 0.2) is 0 Å². The Labute approximate surface area is 123 Å². The van der Waals surface area contributed by atoms with E-state index < -0.39 is 0 Å². The Morgan fingerprint density at radius 1 is 0.667 bits per heavy atom. The van der Waals surface area contributed by atoms with Crippen molar-refractivity contribution < 1.29 is 0 Å². The van der Waals surface area contributed by atoms with E-state index in [4.69, 9.17) is 0 Å². The molecule has 3 aromatic carbocycles. The van der Waals surface area contributed by atoms with Gasteiger partial charge in [0.2, 0.25) is 0 Å². The molecule has 0 aliphatic carbocycles. The fourth-order valence-corrected chi connectivity index (χ4v) is 2.98. The summed E-state index contributed by atoms with van der Waals surface area (Å²) in [4.78, 5) is 8.64. The summed E-state index contributed by atoms with van der Waals surface area (Å²) in [6, 6.07) is 17.3. The molecule has 0 fully saturated rings. The Kier molecular flexibility index (Phi) is 2.54. The van der Waals surface area contributed by atoms with Crippen LogP contribution in [0.3, 0.4) is 0 Å². The zero-order valence-corrected chi connectivity index (χ0v) is 12.0. The minimum Gasteiger partial charge on any atom is -0.325 e. The number of aliphatic imine (C=N–C) groups is 2. The number of benzene rings is 3. The van der Waals surface area contributed by atoms with E-state index in [2.05, 4.69) is 63.8 Å². The van der Waals surface area contributed by atoms with Crippen LogP contribution in [0, 0.1) is 0 Å². The van der Waals surface area contributed by atoms with E-state index in [0.717, 1.165) is 22.8 Å². The van der Waals surface area contributed by atoms with E-state index in [9.17, 15) is 0 Å². The van der Waals surface area contributed by atoms with Crippen LogP contribution in [-0.2, 0) is 0 Å². The summed E-state index contributed by atoms with van der Waals surface area (Å²) < 4.78 is 0. The lowest BCUT2D eigenvalue weighted by atomic mass is 9.98. The Morgan fingerprint density at radius 3 is 1.57 bits per heavy atom. The average Bonchev–Trinajstić information content (AvgIpc) is 2.87. The van der Waals surface area contributed by atoms with Crippen LogP contribution in [0.15, 0.2) is 58.5 Å². The summed E-state index contributed by atoms with van der Waals surface area (Å²) in [7, 11) is 3.60. The minimum atomic E-state index is 0.889. The van der Waals surface area contributed by atoms with Gasteiger partial charge in [-0.05, 0) is 45.8 Å². The summed E-state index contributed by atoms with van der Waals surface area (Å²) in [5.74, 6) is 1.78. The maximum Gasteiger partial charge on any atom is 0.134 e. The lowest BCUT2D eigenvalue weighted by molar-refractivity contribution is 1.29. The molecule has 0 saturated heterocycles. The third-order valence-electron chi connectivity index (χ3n) is 4.04. The highest BCUT2D eigenvalue weighted by Gasteiger charge is 2.23. The van der Waals surface area contributed by atoms with Gasteiger partial charge in [-0.2, -0.15) is 0 Å². The van der Waals surface area contributed by atoms with Crippen LogP contribution in [0.5, 0.6) is 0 Å². The topological polar surface area (TPSA) is 36.8 Å². The van der Waals surface area contributed by atoms with E-state index in [1.54, 1.807) is 14.1 Å². The van der Waals surface area contributed by atoms with Crippen LogP contribution in [-0.4, -0.2) is 25.8 Å². The molecule has 0 amide bonds. The Balaban J connectivity index is 2.09. The lowest BCUT2D eigenvalue weighted by Gasteiger charge is -2.05. The number of nitrogens with zero attached hydrogens (tertiary/aromatic N) is 2. The quantitative estimate of drug-likeness (QED) is 0.627. The van der Waals surface area contributed by atoms with Gasteiger partial charge in [0.25, 0.3) is 0 Å². The molecule has 1 N–H and O–H groups in total. The third kappa shape index (κ3) is 1.74. The van der Waals surface area contributed by atoms with E-state index in [1.165, 1.54) is 21.5 Å². The molecular formula is C18H15N3. The third-order valence-corrected chi connectivity index (χ3v) is 4.04. The van der Waals surface area contributed by atoms with Gasteiger partial charge >= 0.3 is 0 Å². The maximum atomic E-state index is 4.32. The van der Waals surface area contributed by atoms with Crippen molar-refractivity contribution in [1.29, 1.82) is 0 Å². The second-order valence-electron chi connectivity index (χ2n) is 5.21. The van der Waals surface area contributed by atoms with Crippen LogP contribution < -0.4 is 5.32 Å².